The van der Waals surface area contributed by atoms with Crippen LogP contribution in [0.5, 0.6) is 17.2 Å². The van der Waals surface area contributed by atoms with Crippen LogP contribution in [0.25, 0.3) is 6.08 Å². The topological polar surface area (TPSA) is 88.4 Å². The number of hydrogen-bond donors (Lipinski definition) is 0. The van der Waals surface area contributed by atoms with Crippen molar-refractivity contribution in [3.05, 3.63) is 132 Å². The van der Waals surface area contributed by atoms with E-state index in [0.717, 1.165) is 16.7 Å². The highest BCUT2D eigenvalue weighted by Crippen LogP contribution is 2.37. The Bertz CT molecular complexity index is 2030. The molecule has 0 bridgehead atoms. The van der Waals surface area contributed by atoms with Crippen molar-refractivity contribution in [3.8, 4) is 17.2 Å². The molecule has 5 rings (SSSR count). The van der Waals surface area contributed by atoms with Gasteiger partial charge in [-0.05, 0) is 70.0 Å². The van der Waals surface area contributed by atoms with Crippen LogP contribution in [0, 0.1) is 0 Å². The number of para-hydroxylation sites is 1. The molecule has 47 heavy (non-hydrogen) atoms. The second kappa shape index (κ2) is 14.9. The predicted molar refractivity (Wildman–Crippen MR) is 185 cm³/mol. The molecule has 1 atom stereocenters. The van der Waals surface area contributed by atoms with Crippen LogP contribution in [0.1, 0.15) is 56.0 Å². The third kappa shape index (κ3) is 7.21. The summed E-state index contributed by atoms with van der Waals surface area (Å²) in [6.45, 7) is 11.7. The van der Waals surface area contributed by atoms with Crippen LogP contribution in [-0.4, -0.2) is 30.4 Å². The maximum Gasteiger partial charge on any atom is 0.338 e. The molecule has 10 heteroatoms. The molecule has 1 aliphatic heterocycles. The maximum atomic E-state index is 14.3. The van der Waals surface area contributed by atoms with E-state index < -0.39 is 12.0 Å². The van der Waals surface area contributed by atoms with Crippen molar-refractivity contribution >= 4 is 35.0 Å². The molecule has 0 saturated carbocycles. The molecule has 0 radical (unpaired) electrons. The molecule has 2 heterocycles. The number of carbonyl (C=O) groups is 1. The van der Waals surface area contributed by atoms with Crippen LogP contribution in [0.3, 0.4) is 0 Å². The van der Waals surface area contributed by atoms with Crippen molar-refractivity contribution in [2.24, 2.45) is 4.99 Å². The summed E-state index contributed by atoms with van der Waals surface area (Å²) in [6.07, 6.45) is 3.96. The number of carbonyl (C=O) groups excluding carboxylic acids is 1. The van der Waals surface area contributed by atoms with Gasteiger partial charge in [-0.3, -0.25) is 9.36 Å². The molecule has 244 valence electrons. The van der Waals surface area contributed by atoms with Crippen LogP contribution in [0.2, 0.25) is 5.02 Å². The fraction of sp³-hybridized carbons (Fsp3) is 0.270. The molecule has 1 aliphatic rings. The Labute approximate surface area is 282 Å². The summed E-state index contributed by atoms with van der Waals surface area (Å²) in [4.78, 5) is 32.8. The Balaban J connectivity index is 1.65. The number of ether oxygens (including phenoxy) is 4. The highest BCUT2D eigenvalue weighted by atomic mass is 35.5. The lowest BCUT2D eigenvalue weighted by Gasteiger charge is -2.26. The molecule has 3 aromatic carbocycles. The molecule has 1 aromatic heterocycles. The first-order valence-corrected chi connectivity index (χ1v) is 16.5. The zero-order valence-corrected chi connectivity index (χ0v) is 28.6. The Kier molecular flexibility index (Phi) is 10.7. The number of nitrogens with zero attached hydrogens (tertiary/aromatic N) is 2. The van der Waals surface area contributed by atoms with Gasteiger partial charge >= 0.3 is 5.97 Å². The summed E-state index contributed by atoms with van der Waals surface area (Å²) in [5.41, 5.74) is 3.56. The first-order valence-electron chi connectivity index (χ1n) is 15.3. The van der Waals surface area contributed by atoms with Gasteiger partial charge in [-0.2, -0.15) is 0 Å². The molecule has 0 saturated heterocycles. The number of halogens is 1. The average molecular weight is 673 g/mol. The van der Waals surface area contributed by atoms with Crippen LogP contribution < -0.4 is 29.1 Å². The number of thiazole rings is 1. The Morgan fingerprint density at radius 2 is 1.85 bits per heavy atom. The van der Waals surface area contributed by atoms with E-state index in [9.17, 15) is 9.59 Å². The summed E-state index contributed by atoms with van der Waals surface area (Å²) >= 11 is 7.61. The first kappa shape index (κ1) is 33.8. The van der Waals surface area contributed by atoms with E-state index in [-0.39, 0.29) is 24.9 Å². The lowest BCUT2D eigenvalue weighted by Crippen LogP contribution is -2.40. The number of benzene rings is 3. The number of aromatic nitrogens is 1. The van der Waals surface area contributed by atoms with Gasteiger partial charge < -0.3 is 18.9 Å². The Morgan fingerprint density at radius 1 is 1.11 bits per heavy atom. The van der Waals surface area contributed by atoms with Crippen LogP contribution in [0.4, 0.5) is 0 Å². The number of hydrogen-bond acceptors (Lipinski definition) is 8. The summed E-state index contributed by atoms with van der Waals surface area (Å²) < 4.78 is 25.6. The second-order valence-corrected chi connectivity index (χ2v) is 12.5. The Hall–Kier alpha value is -4.60. The van der Waals surface area contributed by atoms with Gasteiger partial charge in [0.25, 0.3) is 5.56 Å². The second-order valence-electron chi connectivity index (χ2n) is 11.1. The molecule has 8 nitrogen and oxygen atoms in total. The summed E-state index contributed by atoms with van der Waals surface area (Å²) in [5, 5.41) is 0.613. The van der Waals surface area contributed by atoms with Crippen molar-refractivity contribution in [1.82, 2.24) is 4.57 Å². The van der Waals surface area contributed by atoms with Gasteiger partial charge in [0.1, 0.15) is 18.4 Å². The van der Waals surface area contributed by atoms with E-state index >= 15 is 0 Å². The number of rotatable bonds is 12. The van der Waals surface area contributed by atoms with Crippen molar-refractivity contribution in [1.29, 1.82) is 0 Å². The average Bonchev–Trinajstić information content (AvgIpc) is 3.34. The first-order chi connectivity index (χ1) is 22.7. The number of methoxy groups -OCH3 is 1. The largest absolute Gasteiger partial charge is 0.493 e. The van der Waals surface area contributed by atoms with E-state index in [0.29, 0.717) is 54.9 Å². The third-order valence-corrected chi connectivity index (χ3v) is 8.81. The SMILES string of the molecule is C=CCc1cc(/C=c2/sc3n(c2=O)[C@@H](c2ccccc2OC(C)C)C(C(=O)OCC)=C(C)N=3)cc(OC)c1OCc1ccccc1Cl. The van der Waals surface area contributed by atoms with Crippen molar-refractivity contribution in [2.75, 3.05) is 13.7 Å². The van der Waals surface area contributed by atoms with Crippen LogP contribution in [0.15, 0.2) is 94.4 Å². The van der Waals surface area contributed by atoms with Crippen molar-refractivity contribution < 1.29 is 23.7 Å². The molecule has 4 aromatic rings. The molecule has 0 N–H and O–H groups in total. The summed E-state index contributed by atoms with van der Waals surface area (Å²) in [5.74, 6) is 1.12. The van der Waals surface area contributed by atoms with E-state index in [1.165, 1.54) is 11.3 Å². The molecular weight excluding hydrogens is 636 g/mol. The number of allylic oxidation sites excluding steroid dienone is 2. The minimum absolute atomic E-state index is 0.125. The molecule has 0 amide bonds. The molecule has 0 aliphatic carbocycles. The van der Waals surface area contributed by atoms with Gasteiger partial charge in [-0.1, -0.05) is 65.4 Å². The minimum Gasteiger partial charge on any atom is -0.493 e. The van der Waals surface area contributed by atoms with Gasteiger partial charge in [0, 0.05) is 21.7 Å². The monoisotopic (exact) mass is 672 g/mol. The van der Waals surface area contributed by atoms with E-state index in [1.807, 2.05) is 74.5 Å². The molecule has 0 spiro atoms. The van der Waals surface area contributed by atoms with Crippen LogP contribution >= 0.6 is 22.9 Å². The Morgan fingerprint density at radius 3 is 2.55 bits per heavy atom. The number of fused-ring (bicyclic) bond motifs is 1. The van der Waals surface area contributed by atoms with Crippen molar-refractivity contribution in [2.45, 2.75) is 52.9 Å². The quantitative estimate of drug-likeness (QED) is 0.125. The third-order valence-electron chi connectivity index (χ3n) is 7.46. The smallest absolute Gasteiger partial charge is 0.338 e. The van der Waals surface area contributed by atoms with Gasteiger partial charge in [-0.25, -0.2) is 9.79 Å². The van der Waals surface area contributed by atoms with Crippen molar-refractivity contribution in [3.63, 3.8) is 0 Å². The lowest BCUT2D eigenvalue weighted by atomic mass is 9.95. The highest BCUT2D eigenvalue weighted by molar-refractivity contribution is 7.07. The molecule has 0 unspecified atom stereocenters. The lowest BCUT2D eigenvalue weighted by molar-refractivity contribution is -0.139. The zero-order valence-electron chi connectivity index (χ0n) is 27.0. The zero-order chi connectivity index (χ0) is 33.7. The predicted octanol–water partition coefficient (Wildman–Crippen LogP) is 6.56. The van der Waals surface area contributed by atoms with E-state index in [2.05, 4.69) is 6.58 Å². The van der Waals surface area contributed by atoms with Crippen LogP contribution in [-0.2, 0) is 22.6 Å². The van der Waals surface area contributed by atoms with E-state index in [1.54, 1.807) is 37.7 Å². The molecule has 0 fully saturated rings. The van der Waals surface area contributed by atoms with Gasteiger partial charge in [0.2, 0.25) is 0 Å². The van der Waals surface area contributed by atoms with Gasteiger partial charge in [-0.15, -0.1) is 6.58 Å². The van der Waals surface area contributed by atoms with E-state index in [4.69, 9.17) is 35.5 Å². The standard InChI is InChI=1S/C37H37ClN2O6S/c1-7-13-25-18-24(19-30(43-6)34(25)45-21-26-14-9-11-16-28(26)38)20-31-35(41)40-33(27-15-10-12-17-29(27)46-22(3)4)32(36(42)44-8-2)23(5)39-37(40)47-31/h7,9-12,14-20,22,33H,1,8,13,21H2,2-6H3/b31-20+/t33-/m0/s1. The van der Waals surface area contributed by atoms with Gasteiger partial charge in [0.05, 0.1) is 35.6 Å². The maximum absolute atomic E-state index is 14.3. The number of esters is 1. The van der Waals surface area contributed by atoms with Gasteiger partial charge in [0.15, 0.2) is 16.3 Å². The fourth-order valence-electron chi connectivity index (χ4n) is 5.46. The minimum atomic E-state index is -0.797. The summed E-state index contributed by atoms with van der Waals surface area (Å²) in [6, 6.07) is 17.9. The highest BCUT2D eigenvalue weighted by Gasteiger charge is 2.35. The normalized spacial score (nSPS) is 14.4. The fourth-order valence-corrected chi connectivity index (χ4v) is 6.70. The molecular formula is C37H37ClN2O6S. The summed E-state index contributed by atoms with van der Waals surface area (Å²) in [7, 11) is 1.57.